The maximum Gasteiger partial charge on any atom is 0.234 e. The summed E-state index contributed by atoms with van der Waals surface area (Å²) in [7, 11) is 0. The van der Waals surface area contributed by atoms with Gasteiger partial charge in [-0.25, -0.2) is 0 Å². The molecule has 110 valence electrons. The Morgan fingerprint density at radius 1 is 1.29 bits per heavy atom. The Morgan fingerprint density at radius 3 is 2.67 bits per heavy atom. The lowest BCUT2D eigenvalue weighted by Gasteiger charge is -2.10. The van der Waals surface area contributed by atoms with Crippen LogP contribution in [0.3, 0.4) is 0 Å². The number of rotatable bonds is 7. The van der Waals surface area contributed by atoms with Crippen LogP contribution in [0, 0.1) is 0 Å². The Morgan fingerprint density at radius 2 is 2.05 bits per heavy atom. The van der Waals surface area contributed by atoms with Crippen LogP contribution in [0.1, 0.15) is 18.2 Å². The van der Waals surface area contributed by atoms with Gasteiger partial charge in [-0.3, -0.25) is 9.78 Å². The van der Waals surface area contributed by atoms with E-state index in [-0.39, 0.29) is 11.9 Å². The van der Waals surface area contributed by atoms with Gasteiger partial charge in [-0.05, 0) is 36.8 Å². The van der Waals surface area contributed by atoms with Crippen LogP contribution in [0.4, 0.5) is 0 Å². The molecule has 0 fully saturated rings. The summed E-state index contributed by atoms with van der Waals surface area (Å²) in [6.07, 6.45) is 1.74. The van der Waals surface area contributed by atoms with Crippen LogP contribution in [-0.2, 0) is 17.9 Å². The Labute approximate surface area is 124 Å². The van der Waals surface area contributed by atoms with Crippen molar-refractivity contribution in [2.75, 3.05) is 0 Å². The molecule has 0 aliphatic rings. The summed E-state index contributed by atoms with van der Waals surface area (Å²) in [5, 5.41) is 3.05. The molecule has 0 aliphatic heterocycles. The number of aromatic nitrogens is 1. The van der Waals surface area contributed by atoms with Crippen LogP contribution in [0.25, 0.3) is 0 Å². The number of amides is 1. The first-order valence-electron chi connectivity index (χ1n) is 6.79. The largest absolute Gasteiger partial charge is 0.487 e. The molecule has 0 saturated carbocycles. The lowest BCUT2D eigenvalue weighted by atomic mass is 10.2. The summed E-state index contributed by atoms with van der Waals surface area (Å²) >= 11 is 0. The molecule has 1 aromatic carbocycles. The molecule has 0 unspecified atom stereocenters. The second-order valence-electron chi connectivity index (χ2n) is 4.76. The first-order valence-corrected chi connectivity index (χ1v) is 6.79. The second-order valence-corrected chi connectivity index (χ2v) is 4.76. The van der Waals surface area contributed by atoms with Gasteiger partial charge in [0.1, 0.15) is 12.4 Å². The van der Waals surface area contributed by atoms with Crippen LogP contribution in [0.2, 0.25) is 0 Å². The van der Waals surface area contributed by atoms with E-state index in [1.807, 2.05) is 42.5 Å². The van der Waals surface area contributed by atoms with Crippen molar-refractivity contribution in [2.45, 2.75) is 26.1 Å². The van der Waals surface area contributed by atoms with Gasteiger partial charge >= 0.3 is 0 Å². The lowest BCUT2D eigenvalue weighted by Crippen LogP contribution is -2.38. The fourth-order valence-corrected chi connectivity index (χ4v) is 1.72. The van der Waals surface area contributed by atoms with E-state index in [2.05, 4.69) is 10.3 Å². The molecule has 1 atom stereocenters. The highest BCUT2D eigenvalue weighted by Gasteiger charge is 2.06. The summed E-state index contributed by atoms with van der Waals surface area (Å²) in [4.78, 5) is 15.1. The van der Waals surface area contributed by atoms with Crippen molar-refractivity contribution in [2.24, 2.45) is 5.73 Å². The number of hydrogen-bond donors (Lipinski definition) is 2. The normalized spacial score (nSPS) is 11.9. The molecule has 1 aromatic heterocycles. The Bertz CT molecular complexity index is 570. The van der Waals surface area contributed by atoms with E-state index in [4.69, 9.17) is 10.5 Å². The summed E-state index contributed by atoms with van der Waals surface area (Å²) in [5.74, 6) is 0.428. The third-order valence-electron chi connectivity index (χ3n) is 3.08. The molecular weight excluding hydrogens is 266 g/mol. The number of carbonyl (C=O) groups excluding carboxylic acids is 1. The van der Waals surface area contributed by atoms with Crippen molar-refractivity contribution in [3.8, 4) is 5.75 Å². The smallest absolute Gasteiger partial charge is 0.234 e. The average molecular weight is 285 g/mol. The van der Waals surface area contributed by atoms with Gasteiger partial charge in [-0.15, -0.1) is 0 Å². The van der Waals surface area contributed by atoms with Crippen LogP contribution in [-0.4, -0.2) is 16.9 Å². The molecule has 0 bridgehead atoms. The summed E-state index contributed by atoms with van der Waals surface area (Å²) in [5.41, 5.74) is 7.14. The third kappa shape index (κ3) is 4.89. The Balaban J connectivity index is 1.83. The van der Waals surface area contributed by atoms with Crippen molar-refractivity contribution in [1.29, 1.82) is 0 Å². The van der Waals surface area contributed by atoms with Gasteiger partial charge in [0.05, 0.1) is 11.7 Å². The molecule has 0 spiro atoms. The van der Waals surface area contributed by atoms with Gasteiger partial charge < -0.3 is 15.8 Å². The van der Waals surface area contributed by atoms with E-state index in [0.29, 0.717) is 13.2 Å². The zero-order valence-corrected chi connectivity index (χ0v) is 12.0. The number of benzene rings is 1. The van der Waals surface area contributed by atoms with Crippen molar-refractivity contribution in [1.82, 2.24) is 10.3 Å². The number of pyridine rings is 1. The molecule has 2 rings (SSSR count). The molecule has 2 aromatic rings. The first-order chi connectivity index (χ1) is 10.1. The predicted octanol–water partition coefficient (Wildman–Crippen LogP) is 1.62. The standard InChI is InChI=1S/C16H19N3O2/c1-12(16(17)20)19-10-13-5-7-15(8-6-13)21-11-14-4-2-3-9-18-14/h2-9,12,19H,10-11H2,1H3,(H2,17,20)/t12-/m1/s1. The minimum absolute atomic E-state index is 0.343. The predicted molar refractivity (Wildman–Crippen MR) is 80.5 cm³/mol. The summed E-state index contributed by atoms with van der Waals surface area (Å²) in [6, 6.07) is 13.1. The Hall–Kier alpha value is -2.40. The van der Waals surface area contributed by atoms with Crippen molar-refractivity contribution < 1.29 is 9.53 Å². The van der Waals surface area contributed by atoms with E-state index < -0.39 is 0 Å². The van der Waals surface area contributed by atoms with Crippen LogP contribution in [0.15, 0.2) is 48.7 Å². The third-order valence-corrected chi connectivity index (χ3v) is 3.08. The van der Waals surface area contributed by atoms with E-state index in [0.717, 1.165) is 17.0 Å². The summed E-state index contributed by atoms with van der Waals surface area (Å²) < 4.78 is 5.65. The maximum absolute atomic E-state index is 10.9. The number of carbonyl (C=O) groups is 1. The van der Waals surface area contributed by atoms with Gasteiger partial charge in [-0.2, -0.15) is 0 Å². The zero-order chi connectivity index (χ0) is 15.1. The van der Waals surface area contributed by atoms with E-state index >= 15 is 0 Å². The van der Waals surface area contributed by atoms with E-state index in [9.17, 15) is 4.79 Å². The molecule has 0 saturated heterocycles. The molecule has 1 amide bonds. The van der Waals surface area contributed by atoms with Crippen LogP contribution >= 0.6 is 0 Å². The second kappa shape index (κ2) is 7.40. The number of nitrogens with one attached hydrogen (secondary N) is 1. The molecule has 1 heterocycles. The number of nitrogens with zero attached hydrogens (tertiary/aromatic N) is 1. The lowest BCUT2D eigenvalue weighted by molar-refractivity contribution is -0.119. The topological polar surface area (TPSA) is 77.2 Å². The average Bonchev–Trinajstić information content (AvgIpc) is 2.52. The monoisotopic (exact) mass is 285 g/mol. The molecule has 0 radical (unpaired) electrons. The first kappa shape index (κ1) is 15.0. The quantitative estimate of drug-likeness (QED) is 0.810. The summed E-state index contributed by atoms with van der Waals surface area (Å²) in [6.45, 7) is 2.77. The van der Waals surface area contributed by atoms with E-state index in [1.165, 1.54) is 0 Å². The highest BCUT2D eigenvalue weighted by molar-refractivity contribution is 5.79. The van der Waals surface area contributed by atoms with Gasteiger partial charge in [-0.1, -0.05) is 18.2 Å². The van der Waals surface area contributed by atoms with Gasteiger partial charge in [0.2, 0.25) is 5.91 Å². The SMILES string of the molecule is C[C@@H](NCc1ccc(OCc2ccccn2)cc1)C(N)=O. The van der Waals surface area contributed by atoms with Crippen LogP contribution in [0.5, 0.6) is 5.75 Å². The highest BCUT2D eigenvalue weighted by Crippen LogP contribution is 2.13. The number of primary amides is 1. The van der Waals surface area contributed by atoms with Gasteiger partial charge in [0.25, 0.3) is 0 Å². The van der Waals surface area contributed by atoms with Gasteiger partial charge in [0.15, 0.2) is 0 Å². The molecule has 3 N–H and O–H groups in total. The zero-order valence-electron chi connectivity index (χ0n) is 12.0. The number of nitrogens with two attached hydrogens (primary N) is 1. The number of hydrogen-bond acceptors (Lipinski definition) is 4. The highest BCUT2D eigenvalue weighted by atomic mass is 16.5. The molecule has 21 heavy (non-hydrogen) atoms. The Kier molecular flexibility index (Phi) is 5.29. The van der Waals surface area contributed by atoms with Gasteiger partial charge in [0, 0.05) is 12.7 Å². The molecule has 0 aliphatic carbocycles. The van der Waals surface area contributed by atoms with Crippen LogP contribution < -0.4 is 15.8 Å². The minimum Gasteiger partial charge on any atom is -0.487 e. The van der Waals surface area contributed by atoms with Crippen molar-refractivity contribution in [3.05, 3.63) is 59.9 Å². The van der Waals surface area contributed by atoms with Crippen molar-refractivity contribution >= 4 is 5.91 Å². The number of ether oxygens (including phenoxy) is 1. The van der Waals surface area contributed by atoms with Crippen molar-refractivity contribution in [3.63, 3.8) is 0 Å². The molecular formula is C16H19N3O2. The maximum atomic E-state index is 10.9. The minimum atomic E-state index is -0.356. The van der Waals surface area contributed by atoms with E-state index in [1.54, 1.807) is 13.1 Å². The fraction of sp³-hybridized carbons (Fsp3) is 0.250. The molecule has 5 heteroatoms. The fourth-order valence-electron chi connectivity index (χ4n) is 1.72. The molecule has 5 nitrogen and oxygen atoms in total.